The van der Waals surface area contributed by atoms with E-state index >= 15 is 0 Å². The van der Waals surface area contributed by atoms with Crippen molar-refractivity contribution < 1.29 is 40.6 Å². The van der Waals surface area contributed by atoms with E-state index in [0.717, 1.165) is 28.2 Å². The van der Waals surface area contributed by atoms with Crippen LogP contribution in [0.4, 0.5) is 26.3 Å². The normalized spacial score (nSPS) is 14.9. The zero-order valence-electron chi connectivity index (χ0n) is 22.1. The van der Waals surface area contributed by atoms with Crippen molar-refractivity contribution in [3.8, 4) is 11.5 Å². The summed E-state index contributed by atoms with van der Waals surface area (Å²) in [4.78, 5) is 12.7. The molecule has 2 heterocycles. The standard InChI is InChI=1S/C30H22F6N2O3S2/c31-29(32,33)20-13-21(30(34,35)36)15-24(14-20)40-10-4-9-38-22(16-26-27(39)37-28(42)43-26)11-19-12-23(7-8-25(19)38)41-17-18-5-2-1-3-6-18/h1-3,5-8,11-16H,4,9-10,17H2,(H,37,39,42). The number of hydrogen-bond donors (Lipinski definition) is 1. The first-order valence-corrected chi connectivity index (χ1v) is 14.1. The number of alkyl halides is 6. The van der Waals surface area contributed by atoms with Gasteiger partial charge in [-0.15, -0.1) is 0 Å². The number of thioether (sulfide) groups is 1. The Hall–Kier alpha value is -3.97. The highest BCUT2D eigenvalue weighted by molar-refractivity contribution is 8.26. The van der Waals surface area contributed by atoms with E-state index in [0.29, 0.717) is 39.4 Å². The number of nitrogens with zero attached hydrogens (tertiary/aromatic N) is 1. The molecule has 1 fully saturated rings. The number of halogens is 6. The van der Waals surface area contributed by atoms with Gasteiger partial charge < -0.3 is 19.4 Å². The number of rotatable bonds is 9. The Kier molecular flexibility index (Phi) is 8.74. The number of carbonyl (C=O) groups is 1. The summed E-state index contributed by atoms with van der Waals surface area (Å²) >= 11 is 6.19. The van der Waals surface area contributed by atoms with Crippen molar-refractivity contribution >= 4 is 51.2 Å². The first-order chi connectivity index (χ1) is 20.4. The maximum atomic E-state index is 13.2. The molecule has 5 rings (SSSR count). The van der Waals surface area contributed by atoms with Crippen LogP contribution in [0.25, 0.3) is 17.0 Å². The summed E-state index contributed by atoms with van der Waals surface area (Å²) < 4.78 is 92.7. The minimum absolute atomic E-state index is 0.0548. The van der Waals surface area contributed by atoms with Crippen molar-refractivity contribution in [1.29, 1.82) is 0 Å². The Morgan fingerprint density at radius 2 is 1.56 bits per heavy atom. The van der Waals surface area contributed by atoms with Gasteiger partial charge in [0.1, 0.15) is 22.4 Å². The summed E-state index contributed by atoms with van der Waals surface area (Å²) in [7, 11) is 0. The lowest BCUT2D eigenvalue weighted by molar-refractivity contribution is -0.143. The van der Waals surface area contributed by atoms with Gasteiger partial charge in [-0.25, -0.2) is 0 Å². The van der Waals surface area contributed by atoms with Crippen LogP contribution in [0, 0.1) is 0 Å². The van der Waals surface area contributed by atoms with Crippen LogP contribution in [0.15, 0.2) is 77.7 Å². The van der Waals surface area contributed by atoms with Crippen molar-refractivity contribution in [2.45, 2.75) is 31.9 Å². The topological polar surface area (TPSA) is 52.5 Å². The molecule has 0 spiro atoms. The lowest BCUT2D eigenvalue weighted by Gasteiger charge is -2.15. The number of benzene rings is 3. The molecule has 1 N–H and O–H groups in total. The highest BCUT2D eigenvalue weighted by Gasteiger charge is 2.37. The molecule has 1 saturated heterocycles. The molecule has 1 amide bonds. The van der Waals surface area contributed by atoms with Gasteiger partial charge in [0.15, 0.2) is 0 Å². The maximum Gasteiger partial charge on any atom is 0.416 e. The van der Waals surface area contributed by atoms with E-state index in [9.17, 15) is 31.1 Å². The summed E-state index contributed by atoms with van der Waals surface area (Å²) in [6, 6.07) is 18.1. The fourth-order valence-corrected chi connectivity index (χ4v) is 5.48. The molecule has 3 aromatic carbocycles. The van der Waals surface area contributed by atoms with Crippen LogP contribution in [0.2, 0.25) is 0 Å². The number of nitrogens with one attached hydrogen (secondary N) is 1. The molecule has 0 aliphatic carbocycles. The Morgan fingerprint density at radius 1 is 0.860 bits per heavy atom. The van der Waals surface area contributed by atoms with Gasteiger partial charge in [-0.2, -0.15) is 26.3 Å². The van der Waals surface area contributed by atoms with Gasteiger partial charge in [0.05, 0.1) is 22.6 Å². The van der Waals surface area contributed by atoms with Crippen molar-refractivity contribution in [3.05, 3.63) is 100 Å². The SMILES string of the molecule is O=C1NC(=S)SC1=Cc1cc2cc(OCc3ccccc3)ccc2n1CCCOc1cc(C(F)(F)F)cc(C(F)(F)F)c1. The molecule has 1 aliphatic heterocycles. The Bertz CT molecular complexity index is 1670. The van der Waals surface area contributed by atoms with Gasteiger partial charge in [0, 0.05) is 23.1 Å². The van der Waals surface area contributed by atoms with Crippen molar-refractivity contribution in [1.82, 2.24) is 9.88 Å². The quantitative estimate of drug-likeness (QED) is 0.0869. The zero-order valence-corrected chi connectivity index (χ0v) is 23.7. The van der Waals surface area contributed by atoms with E-state index in [1.165, 1.54) is 0 Å². The summed E-state index contributed by atoms with van der Waals surface area (Å²) in [6.07, 6.45) is -8.03. The van der Waals surface area contributed by atoms with Crippen LogP contribution in [-0.4, -0.2) is 21.4 Å². The number of carbonyl (C=O) groups excluding carboxylic acids is 1. The minimum Gasteiger partial charge on any atom is -0.493 e. The molecular weight excluding hydrogens is 614 g/mol. The lowest BCUT2D eigenvalue weighted by Crippen LogP contribution is -2.17. The van der Waals surface area contributed by atoms with E-state index in [1.807, 2.05) is 53.1 Å². The molecule has 13 heteroatoms. The summed E-state index contributed by atoms with van der Waals surface area (Å²) in [5.74, 6) is -0.253. The second-order valence-corrected chi connectivity index (χ2v) is 11.2. The number of fused-ring (bicyclic) bond motifs is 1. The van der Waals surface area contributed by atoms with Crippen LogP contribution in [0.3, 0.4) is 0 Å². The van der Waals surface area contributed by atoms with Gasteiger partial charge in [-0.05, 0) is 60.5 Å². The molecule has 43 heavy (non-hydrogen) atoms. The smallest absolute Gasteiger partial charge is 0.416 e. The van der Waals surface area contributed by atoms with Crippen LogP contribution in [-0.2, 0) is 30.3 Å². The van der Waals surface area contributed by atoms with Gasteiger partial charge in [-0.1, -0.05) is 54.3 Å². The summed E-state index contributed by atoms with van der Waals surface area (Å²) in [5.41, 5.74) is -0.468. The number of hydrogen-bond acceptors (Lipinski definition) is 5. The zero-order chi connectivity index (χ0) is 30.8. The molecule has 0 saturated carbocycles. The van der Waals surface area contributed by atoms with Gasteiger partial charge in [0.25, 0.3) is 5.91 Å². The monoisotopic (exact) mass is 636 g/mol. The van der Waals surface area contributed by atoms with Gasteiger partial charge >= 0.3 is 12.4 Å². The number of ether oxygens (including phenoxy) is 2. The lowest BCUT2D eigenvalue weighted by atomic mass is 10.1. The van der Waals surface area contributed by atoms with Crippen molar-refractivity contribution in [2.75, 3.05) is 6.61 Å². The highest BCUT2D eigenvalue weighted by Crippen LogP contribution is 2.38. The third-order valence-corrected chi connectivity index (χ3v) is 7.59. The molecule has 1 aromatic heterocycles. The molecule has 0 atom stereocenters. The van der Waals surface area contributed by atoms with E-state index in [1.54, 1.807) is 12.1 Å². The van der Waals surface area contributed by atoms with E-state index in [2.05, 4.69) is 5.32 Å². The molecule has 5 nitrogen and oxygen atoms in total. The fourth-order valence-electron chi connectivity index (χ4n) is 4.45. The number of aromatic nitrogens is 1. The molecule has 0 bridgehead atoms. The van der Waals surface area contributed by atoms with Crippen molar-refractivity contribution in [3.63, 3.8) is 0 Å². The van der Waals surface area contributed by atoms with Crippen LogP contribution in [0.5, 0.6) is 11.5 Å². The van der Waals surface area contributed by atoms with Crippen molar-refractivity contribution in [2.24, 2.45) is 0 Å². The minimum atomic E-state index is -4.97. The third kappa shape index (κ3) is 7.52. The molecule has 0 unspecified atom stereocenters. The average molecular weight is 637 g/mol. The highest BCUT2D eigenvalue weighted by atomic mass is 32.2. The van der Waals surface area contributed by atoms with E-state index < -0.39 is 29.2 Å². The van der Waals surface area contributed by atoms with Gasteiger partial charge in [-0.3, -0.25) is 4.79 Å². The predicted octanol–water partition coefficient (Wildman–Crippen LogP) is 8.22. The fraction of sp³-hybridized carbons (Fsp3) is 0.200. The molecule has 0 radical (unpaired) electrons. The van der Waals surface area contributed by atoms with E-state index in [-0.39, 0.29) is 31.5 Å². The van der Waals surface area contributed by atoms with Crippen LogP contribution >= 0.6 is 24.0 Å². The Balaban J connectivity index is 1.36. The number of thiocarbonyl (C=S) groups is 1. The predicted molar refractivity (Wildman–Crippen MR) is 156 cm³/mol. The second kappa shape index (κ2) is 12.3. The third-order valence-electron chi connectivity index (χ3n) is 6.43. The molecule has 1 aliphatic rings. The average Bonchev–Trinajstić information content (AvgIpc) is 3.46. The second-order valence-electron chi connectivity index (χ2n) is 9.51. The Labute approximate surface area is 251 Å². The molecule has 224 valence electrons. The summed E-state index contributed by atoms with van der Waals surface area (Å²) in [6.45, 7) is 0.488. The molecular formula is C30H22F6N2O3S2. The summed E-state index contributed by atoms with van der Waals surface area (Å²) in [5, 5.41) is 3.36. The van der Waals surface area contributed by atoms with Gasteiger partial charge in [0.2, 0.25) is 0 Å². The Morgan fingerprint density at radius 3 is 2.19 bits per heavy atom. The first-order valence-electron chi connectivity index (χ1n) is 12.8. The molecule has 4 aromatic rings. The van der Waals surface area contributed by atoms with Crippen LogP contribution < -0.4 is 14.8 Å². The number of aryl methyl sites for hydroxylation is 1. The maximum absolute atomic E-state index is 13.2. The van der Waals surface area contributed by atoms with Crippen LogP contribution in [0.1, 0.15) is 28.8 Å². The number of amides is 1. The first kappa shape index (κ1) is 30.5. The largest absolute Gasteiger partial charge is 0.493 e. The van der Waals surface area contributed by atoms with E-state index in [4.69, 9.17) is 21.7 Å².